The molecule has 0 aliphatic heterocycles. The SMILES string of the molecule is CCOC(=O)Cc1ncc(N)c(C(F)F)c1CBr. The molecule has 0 bridgehead atoms. The smallest absolute Gasteiger partial charge is 0.311 e. The maximum atomic E-state index is 12.9. The number of hydrogen-bond acceptors (Lipinski definition) is 4. The molecule has 0 amide bonds. The number of nitrogens with two attached hydrogens (primary N) is 1. The minimum atomic E-state index is -2.71. The van der Waals surface area contributed by atoms with Crippen LogP contribution in [0.1, 0.15) is 30.2 Å². The maximum Gasteiger partial charge on any atom is 0.311 e. The molecular formula is C11H13BrF2N2O2. The number of anilines is 1. The van der Waals surface area contributed by atoms with Crippen molar-refractivity contribution in [2.45, 2.75) is 25.1 Å². The van der Waals surface area contributed by atoms with Crippen LogP contribution in [0, 0.1) is 0 Å². The molecule has 0 radical (unpaired) electrons. The van der Waals surface area contributed by atoms with Crippen LogP contribution in [-0.4, -0.2) is 17.6 Å². The molecule has 0 unspecified atom stereocenters. The third-order valence-corrected chi connectivity index (χ3v) is 2.87. The molecule has 1 aromatic heterocycles. The second-order valence-electron chi connectivity index (χ2n) is 3.47. The highest BCUT2D eigenvalue weighted by atomic mass is 79.9. The Morgan fingerprint density at radius 3 is 2.78 bits per heavy atom. The summed E-state index contributed by atoms with van der Waals surface area (Å²) in [4.78, 5) is 15.3. The van der Waals surface area contributed by atoms with Gasteiger partial charge in [-0.25, -0.2) is 8.78 Å². The first-order valence-electron chi connectivity index (χ1n) is 5.27. The van der Waals surface area contributed by atoms with Crippen molar-refractivity contribution in [2.24, 2.45) is 0 Å². The first-order chi connectivity index (χ1) is 8.51. The molecule has 0 fully saturated rings. The predicted octanol–water partition coefficient (Wildman–Crippen LogP) is 2.60. The second-order valence-corrected chi connectivity index (χ2v) is 4.03. The summed E-state index contributed by atoms with van der Waals surface area (Å²) in [6.45, 7) is 1.91. The summed E-state index contributed by atoms with van der Waals surface area (Å²) >= 11 is 3.11. The van der Waals surface area contributed by atoms with Gasteiger partial charge >= 0.3 is 5.97 Å². The number of aromatic nitrogens is 1. The summed E-state index contributed by atoms with van der Waals surface area (Å²) in [5, 5.41) is 0.152. The first kappa shape index (κ1) is 14.8. The van der Waals surface area contributed by atoms with Crippen molar-refractivity contribution < 1.29 is 18.3 Å². The van der Waals surface area contributed by atoms with Gasteiger partial charge in [0, 0.05) is 10.9 Å². The number of carbonyl (C=O) groups excluding carboxylic acids is 1. The van der Waals surface area contributed by atoms with Gasteiger partial charge in [-0.1, -0.05) is 15.9 Å². The van der Waals surface area contributed by atoms with E-state index in [1.54, 1.807) is 6.92 Å². The van der Waals surface area contributed by atoms with E-state index < -0.39 is 12.4 Å². The van der Waals surface area contributed by atoms with E-state index >= 15 is 0 Å². The number of nitrogens with zero attached hydrogens (tertiary/aromatic N) is 1. The lowest BCUT2D eigenvalue weighted by atomic mass is 10.0. The Labute approximate surface area is 112 Å². The summed E-state index contributed by atoms with van der Waals surface area (Å²) < 4.78 is 30.6. The molecule has 0 aliphatic rings. The van der Waals surface area contributed by atoms with Gasteiger partial charge in [-0.3, -0.25) is 9.78 Å². The molecule has 0 aromatic carbocycles. The lowest BCUT2D eigenvalue weighted by Crippen LogP contribution is -2.13. The molecular weight excluding hydrogens is 310 g/mol. The first-order valence-corrected chi connectivity index (χ1v) is 6.39. The number of carbonyl (C=O) groups is 1. The van der Waals surface area contributed by atoms with E-state index in [1.807, 2.05) is 0 Å². The van der Waals surface area contributed by atoms with Gasteiger partial charge in [-0.2, -0.15) is 0 Å². The van der Waals surface area contributed by atoms with E-state index in [0.29, 0.717) is 0 Å². The van der Waals surface area contributed by atoms with Gasteiger partial charge in [0.15, 0.2) is 0 Å². The molecule has 100 valence electrons. The Bertz CT molecular complexity index is 441. The fraction of sp³-hybridized carbons (Fsp3) is 0.455. The highest BCUT2D eigenvalue weighted by Crippen LogP contribution is 2.31. The zero-order valence-electron chi connectivity index (χ0n) is 9.75. The molecule has 1 heterocycles. The molecule has 0 spiro atoms. The summed E-state index contributed by atoms with van der Waals surface area (Å²) in [7, 11) is 0. The van der Waals surface area contributed by atoms with Crippen LogP contribution in [0.15, 0.2) is 6.20 Å². The lowest BCUT2D eigenvalue weighted by Gasteiger charge is -2.13. The van der Waals surface area contributed by atoms with Crippen molar-refractivity contribution in [1.82, 2.24) is 4.98 Å². The van der Waals surface area contributed by atoms with Crippen molar-refractivity contribution in [3.63, 3.8) is 0 Å². The van der Waals surface area contributed by atoms with E-state index in [0.717, 1.165) is 6.20 Å². The van der Waals surface area contributed by atoms with Crippen LogP contribution in [0.5, 0.6) is 0 Å². The van der Waals surface area contributed by atoms with E-state index in [4.69, 9.17) is 10.5 Å². The highest BCUT2D eigenvalue weighted by Gasteiger charge is 2.21. The van der Waals surface area contributed by atoms with Gasteiger partial charge < -0.3 is 10.5 Å². The average Bonchev–Trinajstić information content (AvgIpc) is 2.30. The standard InChI is InChI=1S/C11H13BrF2N2O2/c1-2-18-9(17)3-8-6(4-12)10(11(13)14)7(15)5-16-8/h5,11H,2-4,15H2,1H3. The van der Waals surface area contributed by atoms with Crippen molar-refractivity contribution in [3.05, 3.63) is 23.0 Å². The van der Waals surface area contributed by atoms with Crippen molar-refractivity contribution in [3.8, 4) is 0 Å². The second kappa shape index (κ2) is 6.63. The third-order valence-electron chi connectivity index (χ3n) is 2.31. The molecule has 0 atom stereocenters. The normalized spacial score (nSPS) is 10.7. The van der Waals surface area contributed by atoms with Crippen LogP contribution in [0.2, 0.25) is 0 Å². The van der Waals surface area contributed by atoms with Crippen molar-refractivity contribution in [1.29, 1.82) is 0 Å². The van der Waals surface area contributed by atoms with Crippen molar-refractivity contribution >= 4 is 27.6 Å². The zero-order chi connectivity index (χ0) is 13.7. The fourth-order valence-corrected chi connectivity index (χ4v) is 2.16. The molecule has 4 nitrogen and oxygen atoms in total. The average molecular weight is 323 g/mol. The van der Waals surface area contributed by atoms with Crippen LogP contribution < -0.4 is 5.73 Å². The largest absolute Gasteiger partial charge is 0.466 e. The summed E-state index contributed by atoms with van der Waals surface area (Å²) in [5.74, 6) is -0.503. The minimum Gasteiger partial charge on any atom is -0.466 e. The number of pyridine rings is 1. The molecule has 1 aromatic rings. The van der Waals surface area contributed by atoms with Crippen LogP contribution in [0.4, 0.5) is 14.5 Å². The lowest BCUT2D eigenvalue weighted by molar-refractivity contribution is -0.142. The molecule has 1 rings (SSSR count). The predicted molar refractivity (Wildman–Crippen MR) is 66.6 cm³/mol. The molecule has 18 heavy (non-hydrogen) atoms. The van der Waals surface area contributed by atoms with Gasteiger partial charge in [0.1, 0.15) is 0 Å². The fourth-order valence-electron chi connectivity index (χ4n) is 1.53. The number of esters is 1. The number of alkyl halides is 3. The molecule has 0 aliphatic carbocycles. The Morgan fingerprint density at radius 1 is 1.61 bits per heavy atom. The van der Waals surface area contributed by atoms with Gasteiger partial charge in [-0.15, -0.1) is 0 Å². The molecule has 0 saturated heterocycles. The van der Waals surface area contributed by atoms with E-state index in [-0.39, 0.29) is 40.9 Å². The number of hydrogen-bond donors (Lipinski definition) is 1. The number of nitrogen functional groups attached to an aromatic ring is 1. The zero-order valence-corrected chi connectivity index (χ0v) is 11.3. The Balaban J connectivity index is 3.13. The highest BCUT2D eigenvalue weighted by molar-refractivity contribution is 9.08. The minimum absolute atomic E-state index is 0.0768. The van der Waals surface area contributed by atoms with Crippen LogP contribution in [0.3, 0.4) is 0 Å². The molecule has 0 saturated carbocycles. The van der Waals surface area contributed by atoms with Crippen LogP contribution in [-0.2, 0) is 21.3 Å². The summed E-state index contributed by atoms with van der Waals surface area (Å²) in [5.41, 5.74) is 5.63. The number of ether oxygens (including phenoxy) is 1. The van der Waals surface area contributed by atoms with Crippen LogP contribution in [0.25, 0.3) is 0 Å². The van der Waals surface area contributed by atoms with E-state index in [1.165, 1.54) is 0 Å². The topological polar surface area (TPSA) is 65.2 Å². The van der Waals surface area contributed by atoms with Crippen LogP contribution >= 0.6 is 15.9 Å². The summed E-state index contributed by atoms with van der Waals surface area (Å²) in [6.07, 6.45) is -1.71. The molecule has 7 heteroatoms. The van der Waals surface area contributed by atoms with Crippen molar-refractivity contribution in [2.75, 3.05) is 12.3 Å². The maximum absolute atomic E-state index is 12.9. The van der Waals surface area contributed by atoms with Gasteiger partial charge in [-0.05, 0) is 12.5 Å². The Kier molecular flexibility index (Phi) is 5.46. The van der Waals surface area contributed by atoms with Gasteiger partial charge in [0.2, 0.25) is 0 Å². The number of halogens is 3. The third kappa shape index (κ3) is 3.38. The Morgan fingerprint density at radius 2 is 2.28 bits per heavy atom. The van der Waals surface area contributed by atoms with E-state index in [2.05, 4.69) is 20.9 Å². The number of rotatable bonds is 5. The Hall–Kier alpha value is -1.24. The van der Waals surface area contributed by atoms with Gasteiger partial charge in [0.25, 0.3) is 6.43 Å². The quantitative estimate of drug-likeness (QED) is 0.668. The van der Waals surface area contributed by atoms with Gasteiger partial charge in [0.05, 0.1) is 30.6 Å². The molecule has 2 N–H and O–H groups in total. The monoisotopic (exact) mass is 322 g/mol. The van der Waals surface area contributed by atoms with E-state index in [9.17, 15) is 13.6 Å². The summed E-state index contributed by atoms with van der Waals surface area (Å²) in [6, 6.07) is 0.